The maximum absolute atomic E-state index is 13.9. The van der Waals surface area contributed by atoms with E-state index in [0.29, 0.717) is 23.4 Å². The molecule has 0 aliphatic carbocycles. The lowest BCUT2D eigenvalue weighted by atomic mass is 10.1. The van der Waals surface area contributed by atoms with Gasteiger partial charge in [-0.25, -0.2) is 4.52 Å². The van der Waals surface area contributed by atoms with E-state index in [0.717, 1.165) is 9.39 Å². The van der Waals surface area contributed by atoms with Crippen molar-refractivity contribution in [2.75, 3.05) is 0 Å². The molecular formula is C18H12ClF2N3O2S. The molecule has 1 N–H and O–H groups in total. The monoisotopic (exact) mass is 407 g/mol. The molecule has 4 aromatic rings. The first-order chi connectivity index (χ1) is 12.9. The fourth-order valence-electron chi connectivity index (χ4n) is 2.67. The molecular weight excluding hydrogens is 396 g/mol. The number of carbonyl (C=O) groups is 1. The number of furan rings is 1. The number of nitrogens with zero attached hydrogens (tertiary/aromatic N) is 2. The minimum Gasteiger partial charge on any atom is -0.464 e. The van der Waals surface area contributed by atoms with Gasteiger partial charge < -0.3 is 9.73 Å². The summed E-state index contributed by atoms with van der Waals surface area (Å²) in [4.78, 5) is 13.3. The third kappa shape index (κ3) is 3.58. The number of rotatable bonds is 5. The summed E-state index contributed by atoms with van der Waals surface area (Å²) in [5.74, 6) is -0.0555. The average Bonchev–Trinajstić information content (AvgIpc) is 3.38. The van der Waals surface area contributed by atoms with Crippen LogP contribution in [0.3, 0.4) is 0 Å². The van der Waals surface area contributed by atoms with Crippen LogP contribution < -0.4 is 5.32 Å². The SMILES string of the molecule is O=C(NCc1cccs1)c1cc2cc(-c3ccco3)cc(C(F)(F)Cl)n2n1. The first-order valence-electron chi connectivity index (χ1n) is 7.87. The van der Waals surface area contributed by atoms with Gasteiger partial charge in [-0.05, 0) is 53.4 Å². The topological polar surface area (TPSA) is 59.5 Å². The zero-order valence-electron chi connectivity index (χ0n) is 13.7. The van der Waals surface area contributed by atoms with Gasteiger partial charge in [-0.3, -0.25) is 4.79 Å². The smallest absolute Gasteiger partial charge is 0.364 e. The number of alkyl halides is 3. The normalized spacial score (nSPS) is 11.8. The van der Waals surface area contributed by atoms with E-state index >= 15 is 0 Å². The Balaban J connectivity index is 1.73. The average molecular weight is 408 g/mol. The predicted molar refractivity (Wildman–Crippen MR) is 98.1 cm³/mol. The first kappa shape index (κ1) is 17.7. The molecule has 0 aliphatic rings. The van der Waals surface area contributed by atoms with E-state index in [-0.39, 0.29) is 5.69 Å². The van der Waals surface area contributed by atoms with E-state index in [1.165, 1.54) is 29.7 Å². The highest BCUT2D eigenvalue weighted by molar-refractivity contribution is 7.09. The third-order valence-corrected chi connectivity index (χ3v) is 4.96. The van der Waals surface area contributed by atoms with Crippen LogP contribution in [-0.4, -0.2) is 15.5 Å². The number of hydrogen-bond donors (Lipinski definition) is 1. The molecule has 4 rings (SSSR count). The van der Waals surface area contributed by atoms with Crippen molar-refractivity contribution in [2.24, 2.45) is 0 Å². The second-order valence-electron chi connectivity index (χ2n) is 5.73. The fourth-order valence-corrected chi connectivity index (χ4v) is 3.45. The van der Waals surface area contributed by atoms with E-state index in [1.807, 2.05) is 17.5 Å². The summed E-state index contributed by atoms with van der Waals surface area (Å²) in [7, 11) is 0. The van der Waals surface area contributed by atoms with Gasteiger partial charge in [0.15, 0.2) is 5.69 Å². The lowest BCUT2D eigenvalue weighted by Gasteiger charge is -2.11. The number of halogens is 3. The molecule has 0 aromatic carbocycles. The van der Waals surface area contributed by atoms with Crippen molar-refractivity contribution in [3.8, 4) is 11.3 Å². The number of aromatic nitrogens is 2. The zero-order valence-corrected chi connectivity index (χ0v) is 15.2. The van der Waals surface area contributed by atoms with Crippen LogP contribution >= 0.6 is 22.9 Å². The van der Waals surface area contributed by atoms with Crippen molar-refractivity contribution in [1.82, 2.24) is 14.9 Å². The van der Waals surface area contributed by atoms with Crippen LogP contribution in [-0.2, 0) is 11.9 Å². The fraction of sp³-hybridized carbons (Fsp3) is 0.111. The molecule has 1 amide bonds. The van der Waals surface area contributed by atoms with Crippen molar-refractivity contribution in [3.05, 3.63) is 70.4 Å². The Hall–Kier alpha value is -2.71. The van der Waals surface area contributed by atoms with Crippen LogP contribution in [0.4, 0.5) is 8.78 Å². The Morgan fingerprint density at radius 1 is 1.30 bits per heavy atom. The van der Waals surface area contributed by atoms with E-state index in [1.54, 1.807) is 18.2 Å². The van der Waals surface area contributed by atoms with E-state index < -0.39 is 17.0 Å². The summed E-state index contributed by atoms with van der Waals surface area (Å²) in [6.45, 7) is 0.334. The van der Waals surface area contributed by atoms with Gasteiger partial charge in [-0.1, -0.05) is 6.07 Å². The molecule has 9 heteroatoms. The van der Waals surface area contributed by atoms with Crippen LogP contribution in [0, 0.1) is 0 Å². The Labute approximate surface area is 161 Å². The molecule has 0 fully saturated rings. The van der Waals surface area contributed by atoms with Crippen molar-refractivity contribution < 1.29 is 18.0 Å². The summed E-state index contributed by atoms with van der Waals surface area (Å²) < 4.78 is 34.1. The highest BCUT2D eigenvalue weighted by Gasteiger charge is 2.33. The summed E-state index contributed by atoms with van der Waals surface area (Å²) in [5, 5.41) is 4.96. The number of pyridine rings is 1. The van der Waals surface area contributed by atoms with E-state index in [9.17, 15) is 13.6 Å². The molecule has 0 atom stereocenters. The molecule has 0 unspecified atom stereocenters. The largest absolute Gasteiger partial charge is 0.464 e. The summed E-state index contributed by atoms with van der Waals surface area (Å²) in [6.07, 6.45) is 1.44. The Kier molecular flexibility index (Phi) is 4.45. The third-order valence-electron chi connectivity index (χ3n) is 3.89. The van der Waals surface area contributed by atoms with Gasteiger partial charge >= 0.3 is 5.38 Å². The summed E-state index contributed by atoms with van der Waals surface area (Å²) in [5.41, 5.74) is 0.185. The lowest BCUT2D eigenvalue weighted by Crippen LogP contribution is -2.23. The number of fused-ring (bicyclic) bond motifs is 1. The van der Waals surface area contributed by atoms with Gasteiger partial charge in [0.25, 0.3) is 5.91 Å². The van der Waals surface area contributed by atoms with Crippen LogP contribution in [0.1, 0.15) is 21.1 Å². The highest BCUT2D eigenvalue weighted by Crippen LogP contribution is 2.35. The molecule has 0 bridgehead atoms. The quantitative estimate of drug-likeness (QED) is 0.480. The second-order valence-corrected chi connectivity index (χ2v) is 7.24. The molecule has 27 heavy (non-hydrogen) atoms. The predicted octanol–water partition coefficient (Wildman–Crippen LogP) is 4.87. The van der Waals surface area contributed by atoms with Gasteiger partial charge in [0.2, 0.25) is 0 Å². The molecule has 4 heterocycles. The highest BCUT2D eigenvalue weighted by atomic mass is 35.5. The number of amides is 1. The minimum absolute atomic E-state index is 0.0188. The maximum Gasteiger partial charge on any atom is 0.364 e. The summed E-state index contributed by atoms with van der Waals surface area (Å²) in [6, 6.07) is 11.3. The van der Waals surface area contributed by atoms with Crippen molar-refractivity contribution in [3.63, 3.8) is 0 Å². The molecule has 0 spiro atoms. The Morgan fingerprint density at radius 3 is 2.81 bits per heavy atom. The van der Waals surface area contributed by atoms with Gasteiger partial charge in [0.1, 0.15) is 11.5 Å². The first-order valence-corrected chi connectivity index (χ1v) is 9.13. The second kappa shape index (κ2) is 6.79. The van der Waals surface area contributed by atoms with Gasteiger partial charge in [0, 0.05) is 10.4 Å². The van der Waals surface area contributed by atoms with Crippen molar-refractivity contribution >= 4 is 34.4 Å². The van der Waals surface area contributed by atoms with E-state index in [2.05, 4.69) is 10.4 Å². The molecule has 0 saturated carbocycles. The Morgan fingerprint density at radius 2 is 2.15 bits per heavy atom. The molecule has 0 saturated heterocycles. The number of carbonyl (C=O) groups excluding carboxylic acids is 1. The summed E-state index contributed by atoms with van der Waals surface area (Å²) >= 11 is 6.77. The maximum atomic E-state index is 13.9. The minimum atomic E-state index is -3.67. The van der Waals surface area contributed by atoms with Crippen molar-refractivity contribution in [1.29, 1.82) is 0 Å². The lowest BCUT2D eigenvalue weighted by molar-refractivity contribution is 0.0867. The number of nitrogens with one attached hydrogen (secondary N) is 1. The molecule has 5 nitrogen and oxygen atoms in total. The van der Waals surface area contributed by atoms with E-state index in [4.69, 9.17) is 16.0 Å². The molecule has 0 aliphatic heterocycles. The van der Waals surface area contributed by atoms with Gasteiger partial charge in [-0.15, -0.1) is 11.3 Å². The van der Waals surface area contributed by atoms with Crippen LogP contribution in [0.5, 0.6) is 0 Å². The zero-order chi connectivity index (χ0) is 19.0. The van der Waals surface area contributed by atoms with Gasteiger partial charge in [0.05, 0.1) is 18.3 Å². The Bertz CT molecular complexity index is 1090. The standard InChI is InChI=1S/C18H12ClF2N3O2S/c19-18(20,21)16-8-11(15-4-1-5-26-15)7-12-9-14(23-24(12)16)17(25)22-10-13-3-2-6-27-13/h1-9H,10H2,(H,22,25). The van der Waals surface area contributed by atoms with Crippen LogP contribution in [0.2, 0.25) is 0 Å². The molecule has 4 aromatic heterocycles. The molecule has 0 radical (unpaired) electrons. The van der Waals surface area contributed by atoms with Crippen LogP contribution in [0.15, 0.2) is 58.5 Å². The van der Waals surface area contributed by atoms with Crippen LogP contribution in [0.25, 0.3) is 16.8 Å². The van der Waals surface area contributed by atoms with Gasteiger partial charge in [-0.2, -0.15) is 13.9 Å². The number of hydrogen-bond acceptors (Lipinski definition) is 4. The number of thiophene rings is 1. The molecule has 138 valence electrons. The van der Waals surface area contributed by atoms with Crippen molar-refractivity contribution in [2.45, 2.75) is 11.9 Å².